The van der Waals surface area contributed by atoms with Crippen LogP contribution in [-0.4, -0.2) is 59.4 Å². The molecule has 0 aliphatic carbocycles. The van der Waals surface area contributed by atoms with Gasteiger partial charge in [0.15, 0.2) is 6.10 Å². The van der Waals surface area contributed by atoms with Gasteiger partial charge in [0, 0.05) is 25.0 Å². The standard InChI is InChI=1S/C23H32N4O5/c1-14-6-5-7-15(10-14)18(29)20(31)24-12-23(22(2,3)4)8-9-27(13-23)17(28)11-16-19(30)26-21(32)25-16/h5-7,10,16,18,29H,8-9,11-13H2,1-4H3,(H,24,31)(H2,25,26,30,32). The van der Waals surface area contributed by atoms with Crippen LogP contribution in [0.3, 0.4) is 0 Å². The number of aliphatic hydroxyl groups excluding tert-OH is 1. The first-order valence-electron chi connectivity index (χ1n) is 10.8. The molecule has 0 saturated carbocycles. The highest BCUT2D eigenvalue weighted by atomic mass is 16.3. The number of aryl methyl sites for hydroxylation is 1. The molecule has 3 unspecified atom stereocenters. The van der Waals surface area contributed by atoms with E-state index in [1.54, 1.807) is 23.1 Å². The van der Waals surface area contributed by atoms with E-state index in [-0.39, 0.29) is 17.7 Å². The first-order chi connectivity index (χ1) is 14.9. The summed E-state index contributed by atoms with van der Waals surface area (Å²) in [5.41, 5.74) is 0.860. The highest BCUT2D eigenvalue weighted by molar-refractivity contribution is 6.05. The fraction of sp³-hybridized carbons (Fsp3) is 0.565. The minimum atomic E-state index is -1.27. The Morgan fingerprint density at radius 2 is 2.03 bits per heavy atom. The minimum absolute atomic E-state index is 0.101. The molecule has 32 heavy (non-hydrogen) atoms. The van der Waals surface area contributed by atoms with Crippen molar-refractivity contribution in [3.05, 3.63) is 35.4 Å². The van der Waals surface area contributed by atoms with Gasteiger partial charge in [-0.1, -0.05) is 50.6 Å². The van der Waals surface area contributed by atoms with Gasteiger partial charge in [-0.2, -0.15) is 0 Å². The van der Waals surface area contributed by atoms with Gasteiger partial charge in [-0.25, -0.2) is 4.79 Å². The van der Waals surface area contributed by atoms with Crippen molar-refractivity contribution in [3.8, 4) is 0 Å². The number of benzene rings is 1. The summed E-state index contributed by atoms with van der Waals surface area (Å²) in [5.74, 6) is -1.19. The van der Waals surface area contributed by atoms with Crippen molar-refractivity contribution in [2.24, 2.45) is 10.8 Å². The van der Waals surface area contributed by atoms with E-state index in [1.165, 1.54) is 0 Å². The van der Waals surface area contributed by atoms with Crippen molar-refractivity contribution in [1.29, 1.82) is 0 Å². The summed E-state index contributed by atoms with van der Waals surface area (Å²) in [6.07, 6.45) is -0.696. The summed E-state index contributed by atoms with van der Waals surface area (Å²) >= 11 is 0. The maximum atomic E-state index is 12.8. The number of likely N-dealkylation sites (tertiary alicyclic amines) is 1. The third-order valence-electron chi connectivity index (χ3n) is 6.74. The summed E-state index contributed by atoms with van der Waals surface area (Å²) in [5, 5.41) is 17.9. The highest BCUT2D eigenvalue weighted by Crippen LogP contribution is 2.45. The van der Waals surface area contributed by atoms with Crippen LogP contribution < -0.4 is 16.0 Å². The summed E-state index contributed by atoms with van der Waals surface area (Å²) in [7, 11) is 0. The molecule has 0 spiro atoms. The number of urea groups is 1. The third-order valence-corrected chi connectivity index (χ3v) is 6.74. The molecule has 2 aliphatic heterocycles. The van der Waals surface area contributed by atoms with E-state index in [2.05, 4.69) is 36.7 Å². The zero-order valence-electron chi connectivity index (χ0n) is 19.0. The van der Waals surface area contributed by atoms with Crippen molar-refractivity contribution >= 4 is 23.8 Å². The molecule has 4 N–H and O–H groups in total. The van der Waals surface area contributed by atoms with Crippen LogP contribution in [-0.2, 0) is 14.4 Å². The number of hydrogen-bond acceptors (Lipinski definition) is 5. The normalized spacial score (nSPS) is 24.2. The van der Waals surface area contributed by atoms with Crippen LogP contribution in [0.2, 0.25) is 0 Å². The molecular formula is C23H32N4O5. The maximum Gasteiger partial charge on any atom is 0.322 e. The number of amides is 5. The van der Waals surface area contributed by atoms with Crippen LogP contribution in [0.15, 0.2) is 24.3 Å². The number of aliphatic hydroxyl groups is 1. The largest absolute Gasteiger partial charge is 0.378 e. The molecule has 5 amide bonds. The van der Waals surface area contributed by atoms with Crippen LogP contribution in [0.5, 0.6) is 0 Å². The van der Waals surface area contributed by atoms with Gasteiger partial charge in [0.1, 0.15) is 6.04 Å². The Hall–Kier alpha value is -2.94. The minimum Gasteiger partial charge on any atom is -0.378 e. The van der Waals surface area contributed by atoms with Crippen molar-refractivity contribution in [2.45, 2.75) is 52.7 Å². The van der Waals surface area contributed by atoms with Gasteiger partial charge < -0.3 is 20.6 Å². The van der Waals surface area contributed by atoms with Gasteiger partial charge in [-0.15, -0.1) is 0 Å². The van der Waals surface area contributed by atoms with E-state index in [4.69, 9.17) is 0 Å². The van der Waals surface area contributed by atoms with E-state index in [9.17, 15) is 24.3 Å². The lowest BCUT2D eigenvalue weighted by Gasteiger charge is -2.42. The molecule has 174 valence electrons. The second-order valence-electron chi connectivity index (χ2n) is 9.85. The number of hydrogen-bond donors (Lipinski definition) is 4. The van der Waals surface area contributed by atoms with Gasteiger partial charge in [0.05, 0.1) is 6.42 Å². The molecule has 1 aromatic carbocycles. The van der Waals surface area contributed by atoms with E-state index >= 15 is 0 Å². The van der Waals surface area contributed by atoms with Crippen LogP contribution in [0.4, 0.5) is 4.79 Å². The smallest absolute Gasteiger partial charge is 0.322 e. The average Bonchev–Trinajstić information content (AvgIpc) is 3.29. The lowest BCUT2D eigenvalue weighted by molar-refractivity contribution is -0.133. The van der Waals surface area contributed by atoms with Crippen LogP contribution in [0, 0.1) is 17.8 Å². The SMILES string of the molecule is Cc1cccc(C(O)C(=O)NCC2(C(C)(C)C)CCN(C(=O)CC3NC(=O)NC3=O)C2)c1. The number of rotatable bonds is 6. The van der Waals surface area contributed by atoms with E-state index < -0.39 is 35.4 Å². The molecule has 3 rings (SSSR count). The molecular weight excluding hydrogens is 412 g/mol. The fourth-order valence-corrected chi connectivity index (χ4v) is 4.36. The Labute approximate surface area is 187 Å². The summed E-state index contributed by atoms with van der Waals surface area (Å²) in [4.78, 5) is 50.2. The molecule has 2 saturated heterocycles. The number of carbonyl (C=O) groups excluding carboxylic acids is 4. The highest BCUT2D eigenvalue weighted by Gasteiger charge is 2.48. The molecule has 2 aliphatic rings. The lowest BCUT2D eigenvalue weighted by atomic mass is 9.66. The number of nitrogens with one attached hydrogen (secondary N) is 3. The lowest BCUT2D eigenvalue weighted by Crippen LogP contribution is -2.49. The summed E-state index contributed by atoms with van der Waals surface area (Å²) in [6, 6.07) is 5.73. The first kappa shape index (κ1) is 23.7. The molecule has 0 bridgehead atoms. The van der Waals surface area contributed by atoms with E-state index in [1.807, 2.05) is 13.0 Å². The van der Waals surface area contributed by atoms with Gasteiger partial charge in [-0.05, 0) is 24.3 Å². The topological polar surface area (TPSA) is 128 Å². The predicted octanol–water partition coefficient (Wildman–Crippen LogP) is 1.01. The Morgan fingerprint density at radius 3 is 2.62 bits per heavy atom. The van der Waals surface area contributed by atoms with Crippen LogP contribution in [0.1, 0.15) is 50.8 Å². The molecule has 0 radical (unpaired) electrons. The van der Waals surface area contributed by atoms with Crippen LogP contribution in [0.25, 0.3) is 0 Å². The van der Waals surface area contributed by atoms with E-state index in [0.29, 0.717) is 31.6 Å². The number of carbonyl (C=O) groups is 4. The van der Waals surface area contributed by atoms with Gasteiger partial charge in [0.25, 0.3) is 11.8 Å². The molecule has 9 heteroatoms. The molecule has 2 fully saturated rings. The zero-order valence-corrected chi connectivity index (χ0v) is 19.0. The molecule has 3 atom stereocenters. The third kappa shape index (κ3) is 4.93. The summed E-state index contributed by atoms with van der Waals surface area (Å²) in [6.45, 7) is 9.31. The molecule has 1 aromatic rings. The summed E-state index contributed by atoms with van der Waals surface area (Å²) < 4.78 is 0. The van der Waals surface area contributed by atoms with Gasteiger partial charge >= 0.3 is 6.03 Å². The Kier molecular flexibility index (Phi) is 6.59. The Balaban J connectivity index is 1.64. The maximum absolute atomic E-state index is 12.8. The molecule has 9 nitrogen and oxygen atoms in total. The number of imide groups is 1. The van der Waals surface area contributed by atoms with Crippen LogP contribution >= 0.6 is 0 Å². The van der Waals surface area contributed by atoms with Gasteiger partial charge in [0.2, 0.25) is 5.91 Å². The Bertz CT molecular complexity index is 925. The monoisotopic (exact) mass is 444 g/mol. The van der Waals surface area contributed by atoms with Crippen molar-refractivity contribution in [2.75, 3.05) is 19.6 Å². The van der Waals surface area contributed by atoms with E-state index in [0.717, 1.165) is 5.56 Å². The fourth-order valence-electron chi connectivity index (χ4n) is 4.36. The second kappa shape index (κ2) is 8.90. The average molecular weight is 445 g/mol. The molecule has 2 heterocycles. The van der Waals surface area contributed by atoms with Crippen molar-refractivity contribution in [3.63, 3.8) is 0 Å². The number of nitrogens with zero attached hydrogens (tertiary/aromatic N) is 1. The predicted molar refractivity (Wildman–Crippen MR) is 117 cm³/mol. The Morgan fingerprint density at radius 1 is 1.31 bits per heavy atom. The zero-order chi connectivity index (χ0) is 23.7. The van der Waals surface area contributed by atoms with Crippen molar-refractivity contribution in [1.82, 2.24) is 20.9 Å². The van der Waals surface area contributed by atoms with Crippen molar-refractivity contribution < 1.29 is 24.3 Å². The second-order valence-corrected chi connectivity index (χ2v) is 9.85. The quantitative estimate of drug-likeness (QED) is 0.487. The first-order valence-corrected chi connectivity index (χ1v) is 10.8. The molecule has 0 aromatic heterocycles. The van der Waals surface area contributed by atoms with Gasteiger partial charge in [-0.3, -0.25) is 19.7 Å².